The minimum absolute atomic E-state index is 0.286. The number of benzene rings is 2. The van der Waals surface area contributed by atoms with Crippen LogP contribution in [0, 0.1) is 5.92 Å². The van der Waals surface area contributed by atoms with Gasteiger partial charge in [-0.1, -0.05) is 24.3 Å². The molecular formula is C21H23NO3. The number of oxazole rings is 1. The molecule has 4 rings (SSSR count). The second-order valence-electron chi connectivity index (χ2n) is 6.81. The first kappa shape index (κ1) is 16.3. The fourth-order valence-electron chi connectivity index (χ4n) is 3.58. The summed E-state index contributed by atoms with van der Waals surface area (Å²) >= 11 is 0. The first-order chi connectivity index (χ1) is 12.3. The van der Waals surface area contributed by atoms with Gasteiger partial charge in [0.05, 0.1) is 12.7 Å². The fraction of sp³-hybridized carbons (Fsp3) is 0.381. The number of ether oxygens (including phenoxy) is 1. The van der Waals surface area contributed by atoms with Gasteiger partial charge in [-0.2, -0.15) is 0 Å². The molecule has 2 aromatic carbocycles. The molecular weight excluding hydrogens is 314 g/mol. The van der Waals surface area contributed by atoms with E-state index in [1.54, 1.807) is 0 Å². The summed E-state index contributed by atoms with van der Waals surface area (Å²) in [5, 5.41) is 9.03. The Labute approximate surface area is 147 Å². The molecule has 1 heterocycles. The van der Waals surface area contributed by atoms with Gasteiger partial charge in [0.1, 0.15) is 5.52 Å². The van der Waals surface area contributed by atoms with Gasteiger partial charge in [-0.3, -0.25) is 0 Å². The Balaban J connectivity index is 1.37. The zero-order valence-corrected chi connectivity index (χ0v) is 14.2. The van der Waals surface area contributed by atoms with Crippen molar-refractivity contribution < 1.29 is 14.3 Å². The molecule has 4 heteroatoms. The predicted molar refractivity (Wildman–Crippen MR) is 97.1 cm³/mol. The van der Waals surface area contributed by atoms with E-state index in [0.717, 1.165) is 41.5 Å². The number of hydrogen-bond acceptors (Lipinski definition) is 4. The third-order valence-electron chi connectivity index (χ3n) is 5.01. The van der Waals surface area contributed by atoms with Gasteiger partial charge in [-0.15, -0.1) is 0 Å². The zero-order chi connectivity index (χ0) is 17.1. The summed E-state index contributed by atoms with van der Waals surface area (Å²) < 4.78 is 11.8. The van der Waals surface area contributed by atoms with Gasteiger partial charge in [-0.25, -0.2) is 4.98 Å². The van der Waals surface area contributed by atoms with E-state index >= 15 is 0 Å². The van der Waals surface area contributed by atoms with Crippen molar-refractivity contribution in [2.45, 2.75) is 38.4 Å². The second-order valence-corrected chi connectivity index (χ2v) is 6.81. The fourth-order valence-corrected chi connectivity index (χ4v) is 3.58. The normalized spacial score (nSPS) is 20.4. The van der Waals surface area contributed by atoms with Gasteiger partial charge in [0, 0.05) is 12.2 Å². The number of aliphatic hydroxyl groups is 1. The Morgan fingerprint density at radius 2 is 1.92 bits per heavy atom. The van der Waals surface area contributed by atoms with Crippen LogP contribution in [0.1, 0.15) is 31.2 Å². The average Bonchev–Trinajstić information content (AvgIpc) is 3.27. The van der Waals surface area contributed by atoms with Gasteiger partial charge in [0.25, 0.3) is 0 Å². The topological polar surface area (TPSA) is 55.5 Å². The first-order valence-corrected chi connectivity index (χ1v) is 8.99. The molecule has 1 fully saturated rings. The summed E-state index contributed by atoms with van der Waals surface area (Å²) in [7, 11) is 0. The lowest BCUT2D eigenvalue weighted by molar-refractivity contribution is 0.0422. The highest BCUT2D eigenvalue weighted by molar-refractivity contribution is 5.75. The summed E-state index contributed by atoms with van der Waals surface area (Å²) in [5.74, 6) is 1.27. The molecule has 1 saturated carbocycles. The SMILES string of the molecule is OCC[C@H]1CC[C@@H](OCc2ccc(-c3nc4ccccc4o3)cc2)C1. The van der Waals surface area contributed by atoms with Crippen molar-refractivity contribution in [3.8, 4) is 11.5 Å². The number of aromatic nitrogens is 1. The molecule has 0 radical (unpaired) electrons. The standard InChI is InChI=1S/C21H23NO3/c23-12-11-15-7-10-18(13-15)24-14-16-5-8-17(9-6-16)21-22-19-3-1-2-4-20(19)25-21/h1-6,8-9,15,18,23H,7,10-14H2/t15-,18-/m1/s1. The lowest BCUT2D eigenvalue weighted by Crippen LogP contribution is -2.09. The molecule has 25 heavy (non-hydrogen) atoms. The van der Waals surface area contributed by atoms with E-state index in [2.05, 4.69) is 17.1 Å². The van der Waals surface area contributed by atoms with E-state index in [9.17, 15) is 0 Å². The van der Waals surface area contributed by atoms with Crippen molar-refractivity contribution in [3.63, 3.8) is 0 Å². The van der Waals surface area contributed by atoms with Gasteiger partial charge in [0.15, 0.2) is 5.58 Å². The maximum Gasteiger partial charge on any atom is 0.227 e. The molecule has 0 saturated heterocycles. The molecule has 1 aliphatic rings. The van der Waals surface area contributed by atoms with Crippen LogP contribution in [0.4, 0.5) is 0 Å². The van der Waals surface area contributed by atoms with Crippen molar-refractivity contribution in [3.05, 3.63) is 54.1 Å². The molecule has 0 amide bonds. The Hall–Kier alpha value is -2.17. The highest BCUT2D eigenvalue weighted by Crippen LogP contribution is 2.31. The van der Waals surface area contributed by atoms with Crippen LogP contribution in [0.5, 0.6) is 0 Å². The molecule has 1 N–H and O–H groups in total. The predicted octanol–water partition coefficient (Wildman–Crippen LogP) is 4.56. The number of aliphatic hydroxyl groups excluding tert-OH is 1. The highest BCUT2D eigenvalue weighted by Gasteiger charge is 2.24. The summed E-state index contributed by atoms with van der Waals surface area (Å²) in [6, 6.07) is 16.0. The van der Waals surface area contributed by atoms with Crippen LogP contribution in [-0.4, -0.2) is 22.8 Å². The number of nitrogens with zero attached hydrogens (tertiary/aromatic N) is 1. The molecule has 0 bridgehead atoms. The lowest BCUT2D eigenvalue weighted by Gasteiger charge is -2.12. The van der Waals surface area contributed by atoms with Crippen molar-refractivity contribution >= 4 is 11.1 Å². The number of hydrogen-bond donors (Lipinski definition) is 1. The van der Waals surface area contributed by atoms with Crippen LogP contribution >= 0.6 is 0 Å². The van der Waals surface area contributed by atoms with Gasteiger partial charge in [-0.05, 0) is 61.4 Å². The number of rotatable bonds is 6. The second kappa shape index (κ2) is 7.38. The van der Waals surface area contributed by atoms with Gasteiger partial charge in [0.2, 0.25) is 5.89 Å². The third kappa shape index (κ3) is 3.75. The molecule has 3 aromatic rings. The van der Waals surface area contributed by atoms with Crippen molar-refractivity contribution in [1.82, 2.24) is 4.98 Å². The van der Waals surface area contributed by atoms with Crippen molar-refractivity contribution in [1.29, 1.82) is 0 Å². The molecule has 4 nitrogen and oxygen atoms in total. The molecule has 2 atom stereocenters. The Kier molecular flexibility index (Phi) is 4.81. The summed E-state index contributed by atoms with van der Waals surface area (Å²) in [6.45, 7) is 0.916. The van der Waals surface area contributed by atoms with E-state index in [4.69, 9.17) is 14.3 Å². The summed E-state index contributed by atoms with van der Waals surface area (Å²) in [5.41, 5.74) is 3.82. The smallest absolute Gasteiger partial charge is 0.227 e. The molecule has 130 valence electrons. The highest BCUT2D eigenvalue weighted by atomic mass is 16.5. The Morgan fingerprint density at radius 3 is 2.72 bits per heavy atom. The Bertz CT molecular complexity index is 792. The monoisotopic (exact) mass is 337 g/mol. The average molecular weight is 337 g/mol. The van der Waals surface area contributed by atoms with E-state index in [1.807, 2.05) is 36.4 Å². The lowest BCUT2D eigenvalue weighted by atomic mass is 10.1. The van der Waals surface area contributed by atoms with E-state index < -0.39 is 0 Å². The first-order valence-electron chi connectivity index (χ1n) is 8.99. The molecule has 0 unspecified atom stereocenters. The number of fused-ring (bicyclic) bond motifs is 1. The van der Waals surface area contributed by atoms with Crippen molar-refractivity contribution in [2.75, 3.05) is 6.61 Å². The van der Waals surface area contributed by atoms with Crippen LogP contribution < -0.4 is 0 Å². The largest absolute Gasteiger partial charge is 0.436 e. The van der Waals surface area contributed by atoms with Crippen LogP contribution in [0.3, 0.4) is 0 Å². The van der Waals surface area contributed by atoms with Crippen LogP contribution in [0.15, 0.2) is 52.9 Å². The molecule has 1 aromatic heterocycles. The molecule has 1 aliphatic carbocycles. The maximum atomic E-state index is 9.03. The van der Waals surface area contributed by atoms with Crippen LogP contribution in [0.25, 0.3) is 22.6 Å². The maximum absolute atomic E-state index is 9.03. The van der Waals surface area contributed by atoms with Crippen LogP contribution in [-0.2, 0) is 11.3 Å². The van der Waals surface area contributed by atoms with Crippen LogP contribution in [0.2, 0.25) is 0 Å². The summed E-state index contributed by atoms with van der Waals surface area (Å²) in [4.78, 5) is 4.53. The van der Waals surface area contributed by atoms with Gasteiger partial charge < -0.3 is 14.3 Å². The Morgan fingerprint density at radius 1 is 1.08 bits per heavy atom. The third-order valence-corrected chi connectivity index (χ3v) is 5.01. The van der Waals surface area contributed by atoms with E-state index in [-0.39, 0.29) is 6.61 Å². The molecule has 0 aliphatic heterocycles. The van der Waals surface area contributed by atoms with E-state index in [1.165, 1.54) is 6.42 Å². The molecule has 0 spiro atoms. The van der Waals surface area contributed by atoms with Crippen molar-refractivity contribution in [2.24, 2.45) is 5.92 Å². The number of para-hydroxylation sites is 2. The summed E-state index contributed by atoms with van der Waals surface area (Å²) in [6.07, 6.45) is 4.57. The van der Waals surface area contributed by atoms with Gasteiger partial charge >= 0.3 is 0 Å². The van der Waals surface area contributed by atoms with E-state index in [0.29, 0.717) is 24.5 Å². The minimum atomic E-state index is 0.286. The zero-order valence-electron chi connectivity index (χ0n) is 14.2. The minimum Gasteiger partial charge on any atom is -0.436 e. The quantitative estimate of drug-likeness (QED) is 0.716.